The second-order valence-electron chi connectivity index (χ2n) is 15.3. The van der Waals surface area contributed by atoms with Crippen molar-refractivity contribution in [2.45, 2.75) is 123 Å². The molecule has 2 atom stereocenters. The van der Waals surface area contributed by atoms with E-state index in [-0.39, 0.29) is 26.2 Å². The first-order valence-electron chi connectivity index (χ1n) is 22.6. The van der Waals surface area contributed by atoms with Crippen LogP contribution in [0.2, 0.25) is 0 Å². The smallest absolute Gasteiger partial charge is 0.310 e. The lowest BCUT2D eigenvalue weighted by molar-refractivity contribution is -0.870. The number of phosphoric ester groups is 1. The Bertz CT molecular complexity index is 1470. The van der Waals surface area contributed by atoms with Crippen molar-refractivity contribution in [2.24, 2.45) is 0 Å². The molecule has 9 heteroatoms. The van der Waals surface area contributed by atoms with Gasteiger partial charge in [-0.15, -0.1) is 0 Å². The zero-order valence-corrected chi connectivity index (χ0v) is 39.4. The van der Waals surface area contributed by atoms with E-state index >= 15 is 0 Å². The molecule has 8 nitrogen and oxygen atoms in total. The van der Waals surface area contributed by atoms with Crippen LogP contribution in [-0.2, 0) is 27.9 Å². The number of likely N-dealkylation sites (N-methyl/N-ethyl adjacent to an activating group) is 1. The van der Waals surface area contributed by atoms with Gasteiger partial charge in [0, 0.05) is 6.61 Å². The molecule has 0 radical (unpaired) electrons. The average molecular weight is 864 g/mol. The molecule has 342 valence electrons. The number of hydrogen-bond acceptors (Lipinski definition) is 7. The number of carbonyl (C=O) groups excluding carboxylic acids is 1. The molecule has 0 aromatic rings. The lowest BCUT2D eigenvalue weighted by atomic mass is 10.2. The van der Waals surface area contributed by atoms with Gasteiger partial charge in [-0.25, -0.2) is 0 Å². The van der Waals surface area contributed by atoms with Gasteiger partial charge >= 0.3 is 5.97 Å². The minimum Gasteiger partial charge on any atom is -0.756 e. The van der Waals surface area contributed by atoms with Crippen molar-refractivity contribution in [1.29, 1.82) is 0 Å². The number of rotatable bonds is 39. The second-order valence-corrected chi connectivity index (χ2v) is 16.7. The minimum atomic E-state index is -4.58. The van der Waals surface area contributed by atoms with Gasteiger partial charge in [-0.2, -0.15) is 0 Å². The van der Waals surface area contributed by atoms with Crippen molar-refractivity contribution >= 4 is 13.8 Å². The van der Waals surface area contributed by atoms with E-state index in [9.17, 15) is 14.3 Å². The summed E-state index contributed by atoms with van der Waals surface area (Å²) in [5.74, 6) is -0.484. The summed E-state index contributed by atoms with van der Waals surface area (Å²) in [6, 6.07) is 0. The third-order valence-electron chi connectivity index (χ3n) is 8.42. The summed E-state index contributed by atoms with van der Waals surface area (Å²) in [4.78, 5) is 25.0. The summed E-state index contributed by atoms with van der Waals surface area (Å²) in [5, 5.41) is 0. The van der Waals surface area contributed by atoms with Crippen LogP contribution in [0, 0.1) is 0 Å². The Morgan fingerprint density at radius 1 is 0.508 bits per heavy atom. The molecule has 0 aliphatic rings. The molecule has 0 aromatic heterocycles. The van der Waals surface area contributed by atoms with Gasteiger partial charge in [0.1, 0.15) is 19.3 Å². The summed E-state index contributed by atoms with van der Waals surface area (Å²) in [6.07, 6.45) is 64.8. The number of allylic oxidation sites excluding steroid dienone is 23. The highest BCUT2D eigenvalue weighted by atomic mass is 31.2. The maximum Gasteiger partial charge on any atom is 0.310 e. The zero-order chi connectivity index (χ0) is 44.8. The number of nitrogens with zero attached hydrogens (tertiary/aromatic N) is 1. The third-order valence-corrected chi connectivity index (χ3v) is 9.38. The number of carbonyl (C=O) groups is 1. The molecule has 0 aliphatic carbocycles. The molecular weight excluding hydrogens is 782 g/mol. The van der Waals surface area contributed by atoms with Gasteiger partial charge in [-0.05, 0) is 96.3 Å². The SMILES string of the molecule is CC/C=C\C/C=C\C/C=C\C/C=C\C/C=C\C/C=C\C/C=C\CCCCOCC(COP(=O)([O-])OCC[N+](C)(C)C)OC(=O)C/C=C\C/C=C\C/C=C\C/C=C\C/C=C\CC. The van der Waals surface area contributed by atoms with Crippen molar-refractivity contribution < 1.29 is 37.3 Å². The van der Waals surface area contributed by atoms with Crippen molar-refractivity contribution in [3.05, 3.63) is 146 Å². The molecule has 0 aliphatic heterocycles. The molecule has 0 rings (SSSR count). The van der Waals surface area contributed by atoms with Crippen molar-refractivity contribution in [3.8, 4) is 0 Å². The molecule has 0 N–H and O–H groups in total. The summed E-state index contributed by atoms with van der Waals surface area (Å²) in [6.45, 7) is 4.87. The Hall–Kier alpha value is -3.62. The Balaban J connectivity index is 4.45. The Morgan fingerprint density at radius 3 is 1.28 bits per heavy atom. The van der Waals surface area contributed by atoms with Crippen molar-refractivity contribution in [3.63, 3.8) is 0 Å². The number of unbranched alkanes of at least 4 members (excludes halogenated alkanes) is 2. The largest absolute Gasteiger partial charge is 0.756 e. The van der Waals surface area contributed by atoms with Crippen molar-refractivity contribution in [1.82, 2.24) is 0 Å². The summed E-state index contributed by atoms with van der Waals surface area (Å²) < 4.78 is 34.4. The topological polar surface area (TPSA) is 94.1 Å². The number of phosphoric acid groups is 1. The maximum absolute atomic E-state index is 12.6. The van der Waals surface area contributed by atoms with Gasteiger partial charge in [0.25, 0.3) is 7.82 Å². The number of hydrogen-bond donors (Lipinski definition) is 0. The quantitative estimate of drug-likeness (QED) is 0.0200. The van der Waals surface area contributed by atoms with Crippen molar-refractivity contribution in [2.75, 3.05) is 54.1 Å². The second kappa shape index (κ2) is 43.0. The monoisotopic (exact) mass is 864 g/mol. The molecule has 0 heterocycles. The highest BCUT2D eigenvalue weighted by Crippen LogP contribution is 2.38. The normalized spacial score (nSPS) is 15.0. The summed E-state index contributed by atoms with van der Waals surface area (Å²) >= 11 is 0. The third kappa shape index (κ3) is 47.3. The molecule has 0 aromatic carbocycles. The number of quaternary nitrogens is 1. The molecule has 2 unspecified atom stereocenters. The van der Waals surface area contributed by atoms with Crippen LogP contribution in [0.4, 0.5) is 0 Å². The highest BCUT2D eigenvalue weighted by Gasteiger charge is 2.20. The molecular formula is C52H82NO7P. The van der Waals surface area contributed by atoms with E-state index in [1.54, 1.807) is 6.08 Å². The Kier molecular flexibility index (Phi) is 40.5. The zero-order valence-electron chi connectivity index (χ0n) is 38.5. The first kappa shape index (κ1) is 57.4. The van der Waals surface area contributed by atoms with E-state index in [0.717, 1.165) is 89.9 Å². The van der Waals surface area contributed by atoms with Gasteiger partial charge in [-0.1, -0.05) is 160 Å². The molecule has 0 bridgehead atoms. The molecule has 0 saturated heterocycles. The molecule has 0 amide bonds. The van der Waals surface area contributed by atoms with Crippen LogP contribution in [0.1, 0.15) is 117 Å². The predicted molar refractivity (Wildman–Crippen MR) is 258 cm³/mol. The fraction of sp³-hybridized carbons (Fsp3) is 0.519. The van der Waals surface area contributed by atoms with Crippen LogP contribution in [0.5, 0.6) is 0 Å². The summed E-state index contributed by atoms with van der Waals surface area (Å²) in [7, 11) is 1.24. The van der Waals surface area contributed by atoms with Crippen LogP contribution < -0.4 is 4.89 Å². The average Bonchev–Trinajstić information content (AvgIpc) is 3.22. The first-order valence-corrected chi connectivity index (χ1v) is 24.0. The minimum absolute atomic E-state index is 0.00879. The Labute approximate surface area is 372 Å². The van der Waals surface area contributed by atoms with E-state index in [2.05, 4.69) is 148 Å². The van der Waals surface area contributed by atoms with Crippen LogP contribution in [0.3, 0.4) is 0 Å². The van der Waals surface area contributed by atoms with Gasteiger partial charge in [-0.3, -0.25) is 9.36 Å². The number of ether oxygens (including phenoxy) is 2. The van der Waals surface area contributed by atoms with E-state index in [1.807, 2.05) is 27.2 Å². The fourth-order valence-corrected chi connectivity index (χ4v) is 5.74. The van der Waals surface area contributed by atoms with E-state index < -0.39 is 19.9 Å². The molecule has 0 spiro atoms. The number of esters is 1. The van der Waals surface area contributed by atoms with Gasteiger partial charge in [0.2, 0.25) is 0 Å². The molecule has 0 saturated carbocycles. The fourth-order valence-electron chi connectivity index (χ4n) is 5.01. The van der Waals surface area contributed by atoms with Crippen LogP contribution in [0.15, 0.2) is 146 Å². The molecule has 0 fully saturated rings. The van der Waals surface area contributed by atoms with Crippen LogP contribution in [-0.4, -0.2) is 70.7 Å². The lowest BCUT2D eigenvalue weighted by Gasteiger charge is -2.28. The molecule has 61 heavy (non-hydrogen) atoms. The highest BCUT2D eigenvalue weighted by molar-refractivity contribution is 7.45. The van der Waals surface area contributed by atoms with Gasteiger partial charge < -0.3 is 27.9 Å². The first-order chi connectivity index (χ1) is 29.6. The predicted octanol–water partition coefficient (Wildman–Crippen LogP) is 13.1. The van der Waals surface area contributed by atoms with Crippen LogP contribution in [0.25, 0.3) is 0 Å². The van der Waals surface area contributed by atoms with E-state index in [1.165, 1.54) is 0 Å². The van der Waals surface area contributed by atoms with Crippen LogP contribution >= 0.6 is 7.82 Å². The van der Waals surface area contributed by atoms with Gasteiger partial charge in [0.05, 0.1) is 40.8 Å². The van der Waals surface area contributed by atoms with E-state index in [4.69, 9.17) is 18.5 Å². The summed E-state index contributed by atoms with van der Waals surface area (Å²) in [5.41, 5.74) is 0. The maximum atomic E-state index is 12.6. The van der Waals surface area contributed by atoms with Gasteiger partial charge in [0.15, 0.2) is 0 Å². The van der Waals surface area contributed by atoms with E-state index in [0.29, 0.717) is 24.1 Å². The lowest BCUT2D eigenvalue weighted by Crippen LogP contribution is -2.37. The Morgan fingerprint density at radius 2 is 0.885 bits per heavy atom. The standard InChI is InChI=1S/C52H82NO7P/c1-6-8-10-12-14-16-18-20-22-23-24-25-26-27-28-29-30-32-34-36-38-40-42-44-47-57-49-51(50-59-61(55,56)58-48-46-53(3,4)5)60-52(54)45-43-41-39-37-35-33-31-21-19-17-15-13-11-9-7-2/h8-11,14-17,20-22,24-25,27-28,30-32,35-38,41,43,51H,6-7,12-13,18-19,23,26,29,33-34,39-40,42,44-50H2,1-5H3/b10-8-,11-9-,16-14-,17-15-,22-20-,25-24-,28-27-,31-21-,32-30-,37-35-,38-36-,43-41-.